The van der Waals surface area contributed by atoms with Crippen LogP contribution in [0.2, 0.25) is 0 Å². The Balaban J connectivity index is 1.66. The standard InChI is InChI=1S/C18H28N4O2/c1-3-21(4-2)16-13-22(15-8-6-10-24-17(15)16)18(23)20-12-14-7-5-9-19-11-14/h5,7,9,11,15-17H,3-4,6,8,10,12-13H2,1-2H3,(H,20,23)/t15-,16-,17+/m1/s1. The van der Waals surface area contributed by atoms with Crippen LogP contribution in [0.5, 0.6) is 0 Å². The van der Waals surface area contributed by atoms with E-state index in [1.165, 1.54) is 0 Å². The third-order valence-electron chi connectivity index (χ3n) is 5.21. The summed E-state index contributed by atoms with van der Waals surface area (Å²) in [6.45, 7) is 8.38. The summed E-state index contributed by atoms with van der Waals surface area (Å²) in [5, 5.41) is 3.04. The van der Waals surface area contributed by atoms with Crippen molar-refractivity contribution in [2.24, 2.45) is 0 Å². The van der Waals surface area contributed by atoms with Gasteiger partial charge in [0.1, 0.15) is 0 Å². The van der Waals surface area contributed by atoms with Gasteiger partial charge in [0, 0.05) is 32.1 Å². The van der Waals surface area contributed by atoms with Gasteiger partial charge in [-0.05, 0) is 37.6 Å². The maximum absolute atomic E-state index is 12.7. The molecule has 2 amide bonds. The number of hydrogen-bond acceptors (Lipinski definition) is 4. The van der Waals surface area contributed by atoms with Crippen LogP contribution in [-0.4, -0.2) is 65.2 Å². The molecule has 2 aliphatic rings. The number of carbonyl (C=O) groups is 1. The highest BCUT2D eigenvalue weighted by molar-refractivity contribution is 5.75. The molecule has 0 aliphatic carbocycles. The Morgan fingerprint density at radius 3 is 3.00 bits per heavy atom. The van der Waals surface area contributed by atoms with Crippen LogP contribution in [0.1, 0.15) is 32.3 Å². The van der Waals surface area contributed by atoms with Crippen LogP contribution in [-0.2, 0) is 11.3 Å². The van der Waals surface area contributed by atoms with Crippen LogP contribution < -0.4 is 5.32 Å². The maximum Gasteiger partial charge on any atom is 0.318 e. The van der Waals surface area contributed by atoms with Gasteiger partial charge in [-0.3, -0.25) is 9.88 Å². The van der Waals surface area contributed by atoms with E-state index in [0.717, 1.165) is 44.6 Å². The van der Waals surface area contributed by atoms with Crippen LogP contribution in [0, 0.1) is 0 Å². The Morgan fingerprint density at radius 2 is 2.29 bits per heavy atom. The highest BCUT2D eigenvalue weighted by atomic mass is 16.5. The number of rotatable bonds is 5. The molecule has 2 saturated heterocycles. The number of likely N-dealkylation sites (N-methyl/N-ethyl adjacent to an activating group) is 1. The lowest BCUT2D eigenvalue weighted by atomic mass is 10.00. The molecular formula is C18H28N4O2. The normalized spacial score (nSPS) is 26.5. The number of carbonyl (C=O) groups excluding carboxylic acids is 1. The SMILES string of the molecule is CCN(CC)[C@@H]1CN(C(=O)NCc2cccnc2)[C@@H]2CCCO[C@H]12. The monoisotopic (exact) mass is 332 g/mol. The van der Waals surface area contributed by atoms with E-state index in [2.05, 4.69) is 29.0 Å². The number of likely N-dealkylation sites (tertiary alicyclic amines) is 1. The molecule has 3 rings (SSSR count). The van der Waals surface area contributed by atoms with Gasteiger partial charge in [0.2, 0.25) is 0 Å². The quantitative estimate of drug-likeness (QED) is 0.894. The molecule has 6 heteroatoms. The smallest absolute Gasteiger partial charge is 0.318 e. The number of urea groups is 1. The number of amides is 2. The molecule has 0 spiro atoms. The van der Waals surface area contributed by atoms with Crippen molar-refractivity contribution in [3.05, 3.63) is 30.1 Å². The molecule has 2 aliphatic heterocycles. The first-order chi connectivity index (χ1) is 11.7. The first-order valence-corrected chi connectivity index (χ1v) is 9.03. The van der Waals surface area contributed by atoms with E-state index in [9.17, 15) is 4.79 Å². The summed E-state index contributed by atoms with van der Waals surface area (Å²) >= 11 is 0. The van der Waals surface area contributed by atoms with Gasteiger partial charge in [0.15, 0.2) is 0 Å². The zero-order chi connectivity index (χ0) is 16.9. The van der Waals surface area contributed by atoms with Gasteiger partial charge in [-0.2, -0.15) is 0 Å². The molecule has 0 unspecified atom stereocenters. The Labute approximate surface area is 144 Å². The number of fused-ring (bicyclic) bond motifs is 1. The minimum atomic E-state index is 0.00834. The summed E-state index contributed by atoms with van der Waals surface area (Å²) in [6.07, 6.45) is 5.73. The molecule has 0 saturated carbocycles. The second kappa shape index (κ2) is 7.94. The molecule has 1 aromatic heterocycles. The van der Waals surface area contributed by atoms with Crippen LogP contribution in [0.15, 0.2) is 24.5 Å². The van der Waals surface area contributed by atoms with E-state index < -0.39 is 0 Å². The first-order valence-electron chi connectivity index (χ1n) is 9.03. The van der Waals surface area contributed by atoms with Crippen LogP contribution in [0.4, 0.5) is 4.79 Å². The van der Waals surface area contributed by atoms with Crippen LogP contribution >= 0.6 is 0 Å². The van der Waals surface area contributed by atoms with Gasteiger partial charge in [0.25, 0.3) is 0 Å². The number of nitrogens with one attached hydrogen (secondary N) is 1. The van der Waals surface area contributed by atoms with E-state index in [4.69, 9.17) is 4.74 Å². The first kappa shape index (κ1) is 17.2. The molecule has 0 bridgehead atoms. The summed E-state index contributed by atoms with van der Waals surface area (Å²) in [4.78, 5) is 21.2. The second-order valence-electron chi connectivity index (χ2n) is 6.51. The van der Waals surface area contributed by atoms with Crippen LogP contribution in [0.25, 0.3) is 0 Å². The summed E-state index contributed by atoms with van der Waals surface area (Å²) in [6, 6.07) is 4.36. The third kappa shape index (κ3) is 3.54. The largest absolute Gasteiger partial charge is 0.374 e. The van der Waals surface area contributed by atoms with Crippen molar-refractivity contribution in [1.29, 1.82) is 0 Å². The van der Waals surface area contributed by atoms with E-state index >= 15 is 0 Å². The molecule has 3 heterocycles. The lowest BCUT2D eigenvalue weighted by Gasteiger charge is -2.34. The molecule has 1 aromatic rings. The summed E-state index contributed by atoms with van der Waals surface area (Å²) in [5.41, 5.74) is 1.02. The van der Waals surface area contributed by atoms with E-state index in [1.54, 1.807) is 12.4 Å². The predicted molar refractivity (Wildman–Crippen MR) is 92.6 cm³/mol. The van der Waals surface area contributed by atoms with Crippen molar-refractivity contribution in [3.8, 4) is 0 Å². The van der Waals surface area contributed by atoms with Crippen molar-refractivity contribution in [1.82, 2.24) is 20.1 Å². The number of pyridine rings is 1. The lowest BCUT2D eigenvalue weighted by Crippen LogP contribution is -2.48. The van der Waals surface area contributed by atoms with Crippen molar-refractivity contribution < 1.29 is 9.53 Å². The predicted octanol–water partition coefficient (Wildman–Crippen LogP) is 1.86. The van der Waals surface area contributed by atoms with Gasteiger partial charge in [-0.25, -0.2) is 4.79 Å². The number of aromatic nitrogens is 1. The van der Waals surface area contributed by atoms with Gasteiger partial charge >= 0.3 is 6.03 Å². The zero-order valence-corrected chi connectivity index (χ0v) is 14.6. The molecule has 6 nitrogen and oxygen atoms in total. The van der Waals surface area contributed by atoms with Gasteiger partial charge in [0.05, 0.1) is 18.2 Å². The van der Waals surface area contributed by atoms with E-state index in [-0.39, 0.29) is 18.2 Å². The van der Waals surface area contributed by atoms with Crippen molar-refractivity contribution in [2.75, 3.05) is 26.2 Å². The summed E-state index contributed by atoms with van der Waals surface area (Å²) in [7, 11) is 0. The molecular weight excluding hydrogens is 304 g/mol. The van der Waals surface area contributed by atoms with Crippen molar-refractivity contribution in [3.63, 3.8) is 0 Å². The third-order valence-corrected chi connectivity index (χ3v) is 5.21. The fourth-order valence-corrected chi connectivity index (χ4v) is 3.96. The fraction of sp³-hybridized carbons (Fsp3) is 0.667. The topological polar surface area (TPSA) is 57.7 Å². The van der Waals surface area contributed by atoms with Crippen LogP contribution in [0.3, 0.4) is 0 Å². The number of nitrogens with zero attached hydrogens (tertiary/aromatic N) is 3. The van der Waals surface area contributed by atoms with Crippen molar-refractivity contribution >= 4 is 6.03 Å². The molecule has 24 heavy (non-hydrogen) atoms. The maximum atomic E-state index is 12.7. The number of ether oxygens (including phenoxy) is 1. The van der Waals surface area contributed by atoms with E-state index in [1.807, 2.05) is 17.0 Å². The van der Waals surface area contributed by atoms with Gasteiger partial charge < -0.3 is 15.0 Å². The highest BCUT2D eigenvalue weighted by Gasteiger charge is 2.47. The fourth-order valence-electron chi connectivity index (χ4n) is 3.96. The Bertz CT molecular complexity index is 535. The molecule has 3 atom stereocenters. The van der Waals surface area contributed by atoms with Gasteiger partial charge in [-0.15, -0.1) is 0 Å². The Morgan fingerprint density at radius 1 is 1.46 bits per heavy atom. The molecule has 1 N–H and O–H groups in total. The molecule has 0 aromatic carbocycles. The van der Waals surface area contributed by atoms with E-state index in [0.29, 0.717) is 12.6 Å². The molecule has 2 fully saturated rings. The second-order valence-corrected chi connectivity index (χ2v) is 6.51. The Kier molecular flexibility index (Phi) is 5.68. The molecule has 0 radical (unpaired) electrons. The summed E-state index contributed by atoms with van der Waals surface area (Å²) in [5.74, 6) is 0. The number of hydrogen-bond donors (Lipinski definition) is 1. The highest BCUT2D eigenvalue weighted by Crippen LogP contribution is 2.31. The van der Waals surface area contributed by atoms with Gasteiger partial charge in [-0.1, -0.05) is 19.9 Å². The van der Waals surface area contributed by atoms with Crippen molar-refractivity contribution in [2.45, 2.75) is 51.4 Å². The average Bonchev–Trinajstić information content (AvgIpc) is 3.02. The summed E-state index contributed by atoms with van der Waals surface area (Å²) < 4.78 is 6.07. The molecule has 132 valence electrons. The minimum absolute atomic E-state index is 0.00834. The minimum Gasteiger partial charge on any atom is -0.374 e. The zero-order valence-electron chi connectivity index (χ0n) is 14.6. The average molecular weight is 332 g/mol. The Hall–Kier alpha value is -1.66. The lowest BCUT2D eigenvalue weighted by molar-refractivity contribution is -0.0355.